The molecule has 0 spiro atoms. The highest BCUT2D eigenvalue weighted by molar-refractivity contribution is 5.97. The minimum absolute atomic E-state index is 0.0992. The number of aromatic amines is 2. The lowest BCUT2D eigenvalue weighted by atomic mass is 10.1. The molecular weight excluding hydrogens is 383 g/mol. The van der Waals surface area contributed by atoms with E-state index in [4.69, 9.17) is 5.73 Å². The molecule has 1 saturated heterocycles. The molecule has 1 amide bonds. The highest BCUT2D eigenvalue weighted by Gasteiger charge is 2.34. The van der Waals surface area contributed by atoms with Crippen molar-refractivity contribution < 1.29 is 18.0 Å². The Morgan fingerprint density at radius 1 is 1.32 bits per heavy atom. The summed E-state index contributed by atoms with van der Waals surface area (Å²) in [5.74, 6) is -0.865. The van der Waals surface area contributed by atoms with Crippen molar-refractivity contribution in [2.24, 2.45) is 0 Å². The monoisotopic (exact) mass is 399 g/mol. The smallest absolute Gasteiger partial charge is 0.392 e. The summed E-state index contributed by atoms with van der Waals surface area (Å²) in [6, 6.07) is 0.306. The zero-order valence-corrected chi connectivity index (χ0v) is 14.3. The number of halogens is 3. The van der Waals surface area contributed by atoms with Crippen LogP contribution in [0.1, 0.15) is 29.0 Å². The normalized spacial score (nSPS) is 17.4. The average Bonchev–Trinajstić information content (AvgIpc) is 2.64. The van der Waals surface area contributed by atoms with Gasteiger partial charge in [-0.1, -0.05) is 0 Å². The Balaban J connectivity index is 1.75. The van der Waals surface area contributed by atoms with Crippen molar-refractivity contribution in [2.45, 2.75) is 25.1 Å². The number of nitrogens with zero attached hydrogens (tertiary/aromatic N) is 3. The Bertz CT molecular complexity index is 1000. The van der Waals surface area contributed by atoms with Crippen LogP contribution in [0.2, 0.25) is 0 Å². The molecule has 0 saturated carbocycles. The summed E-state index contributed by atoms with van der Waals surface area (Å²) in [5, 5.41) is 2.61. The van der Waals surface area contributed by atoms with Gasteiger partial charge in [-0.05, 0) is 18.9 Å². The van der Waals surface area contributed by atoms with Gasteiger partial charge in [0.2, 0.25) is 5.95 Å². The summed E-state index contributed by atoms with van der Waals surface area (Å²) < 4.78 is 38.5. The molecule has 0 aliphatic carbocycles. The van der Waals surface area contributed by atoms with Gasteiger partial charge < -0.3 is 20.9 Å². The minimum Gasteiger partial charge on any atom is -0.392 e. The Morgan fingerprint density at radius 3 is 2.79 bits per heavy atom. The van der Waals surface area contributed by atoms with Gasteiger partial charge >= 0.3 is 11.9 Å². The van der Waals surface area contributed by atoms with Crippen LogP contribution in [0.5, 0.6) is 0 Å². The van der Waals surface area contributed by atoms with Gasteiger partial charge in [0, 0.05) is 25.3 Å². The molecule has 5 N–H and O–H groups in total. The SMILES string of the molecule is Nc1c(C(=O)NC2CCCN(c3nccc(C(F)(F)F)n3)C2)[nH]c(=O)[nH]c1=O. The lowest BCUT2D eigenvalue weighted by Gasteiger charge is -2.33. The number of carbonyl (C=O) groups is 1. The highest BCUT2D eigenvalue weighted by Crippen LogP contribution is 2.28. The number of hydrogen-bond acceptors (Lipinski definition) is 7. The topological polar surface area (TPSA) is 150 Å². The lowest BCUT2D eigenvalue weighted by Crippen LogP contribution is -2.49. The second-order valence-electron chi connectivity index (χ2n) is 6.20. The molecule has 0 bridgehead atoms. The van der Waals surface area contributed by atoms with Crippen molar-refractivity contribution in [3.63, 3.8) is 0 Å². The third-order valence-corrected chi connectivity index (χ3v) is 4.18. The third kappa shape index (κ3) is 4.13. The molecule has 28 heavy (non-hydrogen) atoms. The van der Waals surface area contributed by atoms with Crippen LogP contribution in [0, 0.1) is 0 Å². The molecule has 1 aliphatic heterocycles. The second kappa shape index (κ2) is 7.32. The number of anilines is 2. The van der Waals surface area contributed by atoms with Crippen LogP contribution in [0.4, 0.5) is 24.8 Å². The predicted octanol–water partition coefficient (Wildman–Crippen LogP) is -0.147. The van der Waals surface area contributed by atoms with Crippen molar-refractivity contribution in [1.29, 1.82) is 0 Å². The van der Waals surface area contributed by atoms with E-state index >= 15 is 0 Å². The number of nitrogen functional groups attached to an aromatic ring is 1. The quantitative estimate of drug-likeness (QED) is 0.561. The van der Waals surface area contributed by atoms with Crippen molar-refractivity contribution in [3.8, 4) is 0 Å². The van der Waals surface area contributed by atoms with E-state index in [0.29, 0.717) is 19.4 Å². The summed E-state index contributed by atoms with van der Waals surface area (Å²) in [6.45, 7) is 0.567. The molecule has 13 heteroatoms. The molecule has 3 rings (SSSR count). The van der Waals surface area contributed by atoms with E-state index in [2.05, 4.69) is 20.3 Å². The molecule has 3 heterocycles. The van der Waals surface area contributed by atoms with Crippen molar-refractivity contribution in [3.05, 3.63) is 44.5 Å². The van der Waals surface area contributed by atoms with E-state index in [9.17, 15) is 27.6 Å². The first-order valence-corrected chi connectivity index (χ1v) is 8.23. The van der Waals surface area contributed by atoms with Gasteiger partial charge in [-0.15, -0.1) is 0 Å². The molecular formula is C15H16F3N7O3. The van der Waals surface area contributed by atoms with Gasteiger partial charge in [-0.2, -0.15) is 13.2 Å². The Labute approximate surface area is 155 Å². The summed E-state index contributed by atoms with van der Waals surface area (Å²) in [7, 11) is 0. The van der Waals surface area contributed by atoms with E-state index < -0.39 is 40.8 Å². The molecule has 1 unspecified atom stereocenters. The summed E-state index contributed by atoms with van der Waals surface area (Å²) in [4.78, 5) is 48.2. The number of alkyl halides is 3. The van der Waals surface area contributed by atoms with E-state index in [1.165, 1.54) is 4.90 Å². The standard InChI is InChI=1S/C15H16F3N7O3/c16-15(17,18)8-3-4-20-13(22-8)25-5-1-2-7(6-25)21-12(27)10-9(19)11(26)24-14(28)23-10/h3-4,7H,1-2,5-6,19H2,(H,21,27)(H2,23,24,26,28). The fraction of sp³-hybridized carbons (Fsp3) is 0.400. The third-order valence-electron chi connectivity index (χ3n) is 4.18. The van der Waals surface area contributed by atoms with Crippen molar-refractivity contribution in [1.82, 2.24) is 25.3 Å². The Kier molecular flexibility index (Phi) is 5.07. The molecule has 0 aromatic carbocycles. The summed E-state index contributed by atoms with van der Waals surface area (Å²) >= 11 is 0. The van der Waals surface area contributed by atoms with Crippen LogP contribution in [0.15, 0.2) is 21.9 Å². The number of piperidine rings is 1. The first kappa shape index (κ1) is 19.4. The van der Waals surface area contributed by atoms with Gasteiger partial charge in [-0.3, -0.25) is 14.6 Å². The first-order valence-electron chi connectivity index (χ1n) is 8.23. The molecule has 150 valence electrons. The first-order chi connectivity index (χ1) is 13.1. The van der Waals surface area contributed by atoms with E-state index in [-0.39, 0.29) is 18.2 Å². The zero-order chi connectivity index (χ0) is 20.5. The van der Waals surface area contributed by atoms with Crippen LogP contribution >= 0.6 is 0 Å². The van der Waals surface area contributed by atoms with Gasteiger partial charge in [0.1, 0.15) is 17.1 Å². The number of carbonyl (C=O) groups excluding carboxylic acids is 1. The molecule has 1 fully saturated rings. The van der Waals surface area contributed by atoms with Crippen LogP contribution in [-0.2, 0) is 6.18 Å². The average molecular weight is 399 g/mol. The Hall–Kier alpha value is -3.38. The van der Waals surface area contributed by atoms with Crippen LogP contribution in [0.3, 0.4) is 0 Å². The molecule has 2 aromatic heterocycles. The zero-order valence-electron chi connectivity index (χ0n) is 14.3. The molecule has 1 atom stereocenters. The van der Waals surface area contributed by atoms with Gasteiger partial charge in [0.05, 0.1) is 0 Å². The van der Waals surface area contributed by atoms with E-state index in [1.807, 2.05) is 4.98 Å². The molecule has 1 aliphatic rings. The van der Waals surface area contributed by atoms with Gasteiger partial charge in [-0.25, -0.2) is 14.8 Å². The highest BCUT2D eigenvalue weighted by atomic mass is 19.4. The maximum atomic E-state index is 12.8. The minimum atomic E-state index is -4.59. The fourth-order valence-electron chi connectivity index (χ4n) is 2.87. The van der Waals surface area contributed by atoms with Crippen LogP contribution in [-0.4, -0.2) is 45.0 Å². The number of aromatic nitrogens is 4. The molecule has 10 nitrogen and oxygen atoms in total. The van der Waals surface area contributed by atoms with E-state index in [0.717, 1.165) is 12.3 Å². The van der Waals surface area contributed by atoms with E-state index in [1.54, 1.807) is 0 Å². The second-order valence-corrected chi connectivity index (χ2v) is 6.20. The van der Waals surface area contributed by atoms with Crippen LogP contribution in [0.25, 0.3) is 0 Å². The lowest BCUT2D eigenvalue weighted by molar-refractivity contribution is -0.141. The van der Waals surface area contributed by atoms with Crippen molar-refractivity contribution in [2.75, 3.05) is 23.7 Å². The maximum absolute atomic E-state index is 12.8. The van der Waals surface area contributed by atoms with Crippen LogP contribution < -0.4 is 27.2 Å². The maximum Gasteiger partial charge on any atom is 0.433 e. The summed E-state index contributed by atoms with van der Waals surface area (Å²) in [5.41, 5.74) is 1.88. The Morgan fingerprint density at radius 2 is 2.07 bits per heavy atom. The predicted molar refractivity (Wildman–Crippen MR) is 91.8 cm³/mol. The fourth-order valence-corrected chi connectivity index (χ4v) is 2.87. The van der Waals surface area contributed by atoms with Gasteiger partial charge in [0.15, 0.2) is 0 Å². The molecule has 2 aromatic rings. The van der Waals surface area contributed by atoms with Crippen molar-refractivity contribution >= 4 is 17.5 Å². The number of nitrogens with two attached hydrogens (primary N) is 1. The molecule has 0 radical (unpaired) electrons. The number of hydrogen-bond donors (Lipinski definition) is 4. The number of nitrogens with one attached hydrogen (secondary N) is 3. The number of H-pyrrole nitrogens is 2. The number of amides is 1. The number of rotatable bonds is 3. The van der Waals surface area contributed by atoms with Gasteiger partial charge in [0.25, 0.3) is 11.5 Å². The summed E-state index contributed by atoms with van der Waals surface area (Å²) in [6.07, 6.45) is -2.47. The largest absolute Gasteiger partial charge is 0.433 e.